The summed E-state index contributed by atoms with van der Waals surface area (Å²) in [7, 11) is 1.37. The lowest BCUT2D eigenvalue weighted by molar-refractivity contribution is -0.119. The van der Waals surface area contributed by atoms with Crippen molar-refractivity contribution >= 4 is 22.7 Å². The predicted molar refractivity (Wildman–Crippen MR) is 73.0 cm³/mol. The second-order valence-electron chi connectivity index (χ2n) is 4.39. The molecule has 1 aromatic carbocycles. The Morgan fingerprint density at radius 1 is 1.20 bits per heavy atom. The molecule has 0 fully saturated rings. The summed E-state index contributed by atoms with van der Waals surface area (Å²) in [6.45, 7) is 1.41. The third-order valence-electron chi connectivity index (χ3n) is 2.70. The van der Waals surface area contributed by atoms with Crippen LogP contribution < -0.4 is 10.2 Å². The number of para-hydroxylation sites is 1. The Morgan fingerprint density at radius 2 is 1.90 bits per heavy atom. The van der Waals surface area contributed by atoms with Crippen molar-refractivity contribution in [3.8, 4) is 0 Å². The van der Waals surface area contributed by atoms with E-state index in [0.717, 1.165) is 4.90 Å². The Bertz CT molecular complexity index is 598. The minimum absolute atomic E-state index is 0.267. The molecule has 0 saturated heterocycles. The van der Waals surface area contributed by atoms with Crippen molar-refractivity contribution in [2.45, 2.75) is 13.1 Å². The summed E-state index contributed by atoms with van der Waals surface area (Å²) in [6, 6.07) is 7.01. The Hall–Kier alpha value is -2.05. The molecule has 1 heterocycles. The molecule has 0 aliphatic heterocycles. The van der Waals surface area contributed by atoms with Crippen LogP contribution in [0.15, 0.2) is 24.3 Å². The molecule has 0 aliphatic rings. The molecule has 4 nitrogen and oxygen atoms in total. The smallest absolute Gasteiger partial charge is 0.354 e. The van der Waals surface area contributed by atoms with Crippen LogP contribution in [0.4, 0.5) is 24.9 Å². The van der Waals surface area contributed by atoms with Gasteiger partial charge in [-0.05, 0) is 19.1 Å². The Morgan fingerprint density at radius 3 is 2.55 bits per heavy atom. The van der Waals surface area contributed by atoms with Crippen molar-refractivity contribution in [2.75, 3.05) is 30.4 Å². The molecule has 0 amide bonds. The molecule has 0 atom stereocenters. The highest BCUT2D eigenvalue weighted by Crippen LogP contribution is 2.27. The lowest BCUT2D eigenvalue weighted by Crippen LogP contribution is -2.31. The first-order chi connectivity index (χ1) is 9.40. The summed E-state index contributed by atoms with van der Waals surface area (Å²) in [5, 5.41) is 3.53. The molecule has 20 heavy (non-hydrogen) atoms. The highest BCUT2D eigenvalue weighted by atomic mass is 19.4. The summed E-state index contributed by atoms with van der Waals surface area (Å²) in [5.74, 6) is 0.596. The van der Waals surface area contributed by atoms with Crippen LogP contribution in [0.3, 0.4) is 0 Å². The zero-order valence-corrected chi connectivity index (χ0v) is 11.2. The molecular formula is C13H15F3N4. The van der Waals surface area contributed by atoms with E-state index < -0.39 is 12.7 Å². The average Bonchev–Trinajstić information content (AvgIpc) is 2.36. The van der Waals surface area contributed by atoms with Gasteiger partial charge in [0.25, 0.3) is 0 Å². The molecule has 0 bridgehead atoms. The summed E-state index contributed by atoms with van der Waals surface area (Å²) < 4.78 is 37.6. The maximum atomic E-state index is 12.5. The number of hydrogen-bond acceptors (Lipinski definition) is 4. The van der Waals surface area contributed by atoms with Gasteiger partial charge in [0.2, 0.25) is 5.95 Å². The molecule has 108 valence electrons. The van der Waals surface area contributed by atoms with Crippen LogP contribution in [0.25, 0.3) is 10.9 Å². The number of alkyl halides is 3. The number of hydrogen-bond donors (Lipinski definition) is 1. The van der Waals surface area contributed by atoms with Gasteiger partial charge in [0.15, 0.2) is 0 Å². The van der Waals surface area contributed by atoms with E-state index in [0.29, 0.717) is 23.4 Å². The summed E-state index contributed by atoms with van der Waals surface area (Å²) in [5.41, 5.74) is 0.613. The Labute approximate surface area is 114 Å². The first kappa shape index (κ1) is 14.4. The van der Waals surface area contributed by atoms with Crippen LogP contribution in [0.1, 0.15) is 6.92 Å². The summed E-state index contributed by atoms with van der Waals surface area (Å²) in [6.07, 6.45) is -4.28. The second kappa shape index (κ2) is 5.52. The normalized spacial score (nSPS) is 11.7. The number of anilines is 2. The fourth-order valence-corrected chi connectivity index (χ4v) is 1.93. The van der Waals surface area contributed by atoms with Crippen molar-refractivity contribution in [2.24, 2.45) is 0 Å². The van der Waals surface area contributed by atoms with Gasteiger partial charge in [-0.2, -0.15) is 18.2 Å². The van der Waals surface area contributed by atoms with Crippen molar-refractivity contribution in [1.82, 2.24) is 9.97 Å². The SMILES string of the molecule is CCNc1nc(N(C)CC(F)(F)F)c2ccccc2n1. The molecule has 2 rings (SSSR count). The van der Waals surface area contributed by atoms with Gasteiger partial charge >= 0.3 is 6.18 Å². The summed E-state index contributed by atoms with van der Waals surface area (Å²) >= 11 is 0. The van der Waals surface area contributed by atoms with Crippen LogP contribution in [0, 0.1) is 0 Å². The van der Waals surface area contributed by atoms with Gasteiger partial charge in [0.05, 0.1) is 5.52 Å². The number of rotatable bonds is 4. The molecular weight excluding hydrogens is 269 g/mol. The maximum absolute atomic E-state index is 12.5. The van der Waals surface area contributed by atoms with E-state index in [1.54, 1.807) is 24.3 Å². The third-order valence-corrected chi connectivity index (χ3v) is 2.70. The van der Waals surface area contributed by atoms with E-state index in [9.17, 15) is 13.2 Å². The highest BCUT2D eigenvalue weighted by molar-refractivity contribution is 5.90. The zero-order valence-electron chi connectivity index (χ0n) is 11.2. The monoisotopic (exact) mass is 284 g/mol. The lowest BCUT2D eigenvalue weighted by atomic mass is 10.2. The molecule has 0 aliphatic carbocycles. The molecule has 1 N–H and O–H groups in total. The zero-order chi connectivity index (χ0) is 14.8. The Balaban J connectivity index is 2.49. The quantitative estimate of drug-likeness (QED) is 0.937. The number of nitrogens with zero attached hydrogens (tertiary/aromatic N) is 3. The van der Waals surface area contributed by atoms with E-state index in [1.807, 2.05) is 6.92 Å². The van der Waals surface area contributed by atoms with Crippen LogP contribution in [0.5, 0.6) is 0 Å². The first-order valence-corrected chi connectivity index (χ1v) is 6.19. The Kier molecular flexibility index (Phi) is 3.96. The van der Waals surface area contributed by atoms with Gasteiger partial charge in [-0.1, -0.05) is 12.1 Å². The number of nitrogens with one attached hydrogen (secondary N) is 1. The van der Waals surface area contributed by atoms with Crippen LogP contribution in [0.2, 0.25) is 0 Å². The van der Waals surface area contributed by atoms with Crippen molar-refractivity contribution in [1.29, 1.82) is 0 Å². The van der Waals surface area contributed by atoms with Gasteiger partial charge in [0.1, 0.15) is 12.4 Å². The van der Waals surface area contributed by atoms with Gasteiger partial charge in [0, 0.05) is 19.0 Å². The van der Waals surface area contributed by atoms with E-state index >= 15 is 0 Å². The van der Waals surface area contributed by atoms with E-state index in [2.05, 4.69) is 15.3 Å². The fraction of sp³-hybridized carbons (Fsp3) is 0.385. The van der Waals surface area contributed by atoms with Crippen molar-refractivity contribution in [3.63, 3.8) is 0 Å². The molecule has 0 unspecified atom stereocenters. The number of fused-ring (bicyclic) bond motifs is 1. The van der Waals surface area contributed by atoms with Gasteiger partial charge in [-0.3, -0.25) is 0 Å². The van der Waals surface area contributed by atoms with Crippen molar-refractivity contribution < 1.29 is 13.2 Å². The maximum Gasteiger partial charge on any atom is 0.405 e. The van der Waals surface area contributed by atoms with Gasteiger partial charge < -0.3 is 10.2 Å². The largest absolute Gasteiger partial charge is 0.405 e. The molecule has 0 saturated carbocycles. The van der Waals surface area contributed by atoms with Crippen LogP contribution >= 0.6 is 0 Å². The molecule has 0 radical (unpaired) electrons. The third kappa shape index (κ3) is 3.28. The van der Waals surface area contributed by atoms with E-state index in [4.69, 9.17) is 0 Å². The average molecular weight is 284 g/mol. The number of halogens is 3. The topological polar surface area (TPSA) is 41.1 Å². The van der Waals surface area contributed by atoms with Crippen molar-refractivity contribution in [3.05, 3.63) is 24.3 Å². The fourth-order valence-electron chi connectivity index (χ4n) is 1.93. The lowest BCUT2D eigenvalue weighted by Gasteiger charge is -2.21. The number of aromatic nitrogens is 2. The molecule has 0 spiro atoms. The molecule has 1 aromatic heterocycles. The van der Waals surface area contributed by atoms with Crippen LogP contribution in [-0.2, 0) is 0 Å². The highest BCUT2D eigenvalue weighted by Gasteiger charge is 2.30. The van der Waals surface area contributed by atoms with Gasteiger partial charge in [-0.15, -0.1) is 0 Å². The second-order valence-corrected chi connectivity index (χ2v) is 4.39. The van der Waals surface area contributed by atoms with E-state index in [-0.39, 0.29) is 5.82 Å². The van der Waals surface area contributed by atoms with Crippen LogP contribution in [-0.4, -0.2) is 36.3 Å². The number of benzene rings is 1. The molecule has 2 aromatic rings. The summed E-state index contributed by atoms with van der Waals surface area (Å²) in [4.78, 5) is 9.54. The minimum Gasteiger partial charge on any atom is -0.354 e. The first-order valence-electron chi connectivity index (χ1n) is 6.19. The van der Waals surface area contributed by atoms with E-state index in [1.165, 1.54) is 7.05 Å². The standard InChI is InChI=1S/C13H15F3N4/c1-3-17-12-18-10-7-5-4-6-9(10)11(19-12)20(2)8-13(14,15)16/h4-7H,3,8H2,1-2H3,(H,17,18,19). The minimum atomic E-state index is -4.28. The predicted octanol–water partition coefficient (Wildman–Crippen LogP) is 3.06. The van der Waals surface area contributed by atoms with Gasteiger partial charge in [-0.25, -0.2) is 4.98 Å². The molecule has 7 heteroatoms.